The van der Waals surface area contributed by atoms with Crippen LogP contribution in [0.4, 0.5) is 24.7 Å². The van der Waals surface area contributed by atoms with Gasteiger partial charge in [0.15, 0.2) is 5.82 Å². The normalized spacial score (nSPS) is 16.2. The van der Waals surface area contributed by atoms with E-state index in [1.165, 1.54) is 30.5 Å². The molecule has 1 fully saturated rings. The van der Waals surface area contributed by atoms with Crippen molar-refractivity contribution in [3.63, 3.8) is 0 Å². The molecule has 0 spiro atoms. The maximum absolute atomic E-state index is 12.8. The number of H-pyrrole nitrogens is 1. The summed E-state index contributed by atoms with van der Waals surface area (Å²) in [4.78, 5) is 15.1. The van der Waals surface area contributed by atoms with Crippen LogP contribution in [0.5, 0.6) is 0 Å². The van der Waals surface area contributed by atoms with Gasteiger partial charge in [-0.1, -0.05) is 12.1 Å². The van der Waals surface area contributed by atoms with Crippen molar-refractivity contribution in [2.24, 2.45) is 11.7 Å². The first-order valence-electron chi connectivity index (χ1n) is 9.45. The minimum absolute atomic E-state index is 0.0656. The van der Waals surface area contributed by atoms with Crippen molar-refractivity contribution in [2.75, 3.05) is 5.32 Å². The Labute approximate surface area is 169 Å². The van der Waals surface area contributed by atoms with E-state index in [1.54, 1.807) is 10.7 Å². The fraction of sp³-hybridized carbons (Fsp3) is 0.350. The number of hydrogen-bond donors (Lipinski definition) is 3. The maximum atomic E-state index is 12.8. The predicted molar refractivity (Wildman–Crippen MR) is 105 cm³/mol. The molecule has 1 saturated carbocycles. The van der Waals surface area contributed by atoms with Crippen molar-refractivity contribution >= 4 is 22.4 Å². The number of halogens is 3. The van der Waals surface area contributed by atoms with E-state index in [0.717, 1.165) is 12.8 Å². The molecule has 2 aromatic heterocycles. The van der Waals surface area contributed by atoms with E-state index < -0.39 is 12.2 Å². The van der Waals surface area contributed by atoms with Gasteiger partial charge in [-0.3, -0.25) is 9.48 Å². The number of nitrogens with two attached hydrogens (primary N) is 1. The number of anilines is 2. The molecule has 0 saturated heterocycles. The van der Waals surface area contributed by atoms with Gasteiger partial charge in [0.25, 0.3) is 5.56 Å². The number of aromatic amines is 1. The van der Waals surface area contributed by atoms with Crippen LogP contribution in [0.1, 0.15) is 36.9 Å². The number of nitrogens with zero attached hydrogens (tertiary/aromatic N) is 3. The Morgan fingerprint density at radius 1 is 1.30 bits per heavy atom. The molecule has 156 valence electrons. The number of alkyl halides is 3. The van der Waals surface area contributed by atoms with Gasteiger partial charge in [0.05, 0.1) is 24.0 Å². The van der Waals surface area contributed by atoms with Gasteiger partial charge in [-0.15, -0.1) is 0 Å². The Hall–Kier alpha value is -3.32. The van der Waals surface area contributed by atoms with Crippen LogP contribution in [0, 0.1) is 17.2 Å². The summed E-state index contributed by atoms with van der Waals surface area (Å²) < 4.78 is 40.1. The standard InChI is InChI=1S/C20H19F3N6O/c21-20(22,23)17(25)12-3-5-13(6-4-12)27-18-16-15(8-10-26-19(16)30)29(28-18)14(7-9-24)11-1-2-11/h3-6,8,10-11,14,17H,1-2,7,25H2,(H,26,30)(H,27,28). The Balaban J connectivity index is 1.70. The van der Waals surface area contributed by atoms with Gasteiger partial charge in [-0.25, -0.2) is 0 Å². The summed E-state index contributed by atoms with van der Waals surface area (Å²) in [5.74, 6) is 0.617. The summed E-state index contributed by atoms with van der Waals surface area (Å²) in [5.41, 5.74) is 5.89. The number of fused-ring (bicyclic) bond motifs is 1. The van der Waals surface area contributed by atoms with E-state index in [9.17, 15) is 23.2 Å². The van der Waals surface area contributed by atoms with E-state index in [2.05, 4.69) is 21.5 Å². The zero-order chi connectivity index (χ0) is 21.5. The minimum Gasteiger partial charge on any atom is -0.338 e. The maximum Gasteiger partial charge on any atom is 0.407 e. The highest BCUT2D eigenvalue weighted by atomic mass is 19.4. The molecule has 0 radical (unpaired) electrons. The summed E-state index contributed by atoms with van der Waals surface area (Å²) in [7, 11) is 0. The van der Waals surface area contributed by atoms with Crippen LogP contribution < -0.4 is 16.6 Å². The summed E-state index contributed by atoms with van der Waals surface area (Å²) in [6.07, 6.45) is -0.731. The number of hydrogen-bond acceptors (Lipinski definition) is 5. The molecule has 10 heteroatoms. The number of benzene rings is 1. The van der Waals surface area contributed by atoms with Gasteiger partial charge in [-0.2, -0.15) is 23.5 Å². The fourth-order valence-corrected chi connectivity index (χ4v) is 3.57. The second-order valence-electron chi connectivity index (χ2n) is 7.39. The van der Waals surface area contributed by atoms with Gasteiger partial charge >= 0.3 is 6.18 Å². The summed E-state index contributed by atoms with van der Waals surface area (Å²) >= 11 is 0. The number of nitriles is 1. The molecule has 4 N–H and O–H groups in total. The van der Waals surface area contributed by atoms with Crippen molar-refractivity contribution < 1.29 is 13.2 Å². The second-order valence-corrected chi connectivity index (χ2v) is 7.39. The predicted octanol–water partition coefficient (Wildman–Crippen LogP) is 3.90. The van der Waals surface area contributed by atoms with E-state index in [1.807, 2.05) is 0 Å². The third-order valence-corrected chi connectivity index (χ3v) is 5.30. The van der Waals surface area contributed by atoms with Crippen LogP contribution in [0.2, 0.25) is 0 Å². The average molecular weight is 416 g/mol. The van der Waals surface area contributed by atoms with Crippen LogP contribution in [-0.4, -0.2) is 20.9 Å². The molecule has 1 aromatic carbocycles. The molecule has 2 atom stereocenters. The first-order chi connectivity index (χ1) is 14.3. The highest BCUT2D eigenvalue weighted by Gasteiger charge is 2.38. The minimum atomic E-state index is -4.53. The zero-order valence-corrected chi connectivity index (χ0v) is 15.8. The van der Waals surface area contributed by atoms with Crippen LogP contribution in [0.3, 0.4) is 0 Å². The average Bonchev–Trinajstić information content (AvgIpc) is 3.48. The summed E-state index contributed by atoms with van der Waals surface area (Å²) in [6.45, 7) is 0. The molecule has 0 amide bonds. The third-order valence-electron chi connectivity index (χ3n) is 5.30. The van der Waals surface area contributed by atoms with Crippen LogP contribution in [0.25, 0.3) is 10.9 Å². The topological polar surface area (TPSA) is 113 Å². The smallest absolute Gasteiger partial charge is 0.338 e. The molecule has 2 unspecified atom stereocenters. The van der Waals surface area contributed by atoms with Gasteiger partial charge in [0.2, 0.25) is 0 Å². The molecular formula is C20H19F3N6O. The Kier molecular flexibility index (Phi) is 4.99. The first kappa shape index (κ1) is 20.0. The number of nitrogens with one attached hydrogen (secondary N) is 2. The third kappa shape index (κ3) is 3.76. The first-order valence-corrected chi connectivity index (χ1v) is 9.45. The molecule has 1 aliphatic rings. The molecule has 1 aliphatic carbocycles. The van der Waals surface area contributed by atoms with E-state index in [4.69, 9.17) is 5.73 Å². The molecule has 30 heavy (non-hydrogen) atoms. The highest BCUT2D eigenvalue weighted by molar-refractivity contribution is 5.91. The SMILES string of the molecule is N#CCC(C1CC1)n1nc(Nc2ccc(C(N)C(F)(F)F)cc2)c2c(=O)[nH]ccc21. The molecular weight excluding hydrogens is 397 g/mol. The molecule has 4 rings (SSSR count). The van der Waals surface area contributed by atoms with Crippen LogP contribution >= 0.6 is 0 Å². The van der Waals surface area contributed by atoms with Gasteiger partial charge in [0, 0.05) is 11.9 Å². The summed E-state index contributed by atoms with van der Waals surface area (Å²) in [5, 5.41) is 17.1. The van der Waals surface area contributed by atoms with Gasteiger partial charge < -0.3 is 16.0 Å². The zero-order valence-electron chi connectivity index (χ0n) is 15.8. The number of rotatable bonds is 6. The summed E-state index contributed by atoms with van der Waals surface area (Å²) in [6, 6.07) is 7.18. The lowest BCUT2D eigenvalue weighted by atomic mass is 10.1. The fourth-order valence-electron chi connectivity index (χ4n) is 3.57. The van der Waals surface area contributed by atoms with Crippen LogP contribution in [-0.2, 0) is 0 Å². The highest BCUT2D eigenvalue weighted by Crippen LogP contribution is 2.43. The molecule has 3 aromatic rings. The molecule has 7 nitrogen and oxygen atoms in total. The van der Waals surface area contributed by atoms with Crippen molar-refractivity contribution in [2.45, 2.75) is 37.5 Å². The van der Waals surface area contributed by atoms with E-state index >= 15 is 0 Å². The lowest BCUT2D eigenvalue weighted by Crippen LogP contribution is -2.28. The Morgan fingerprint density at radius 2 is 2.00 bits per heavy atom. The Bertz CT molecular complexity index is 1150. The lowest BCUT2D eigenvalue weighted by molar-refractivity contribution is -0.149. The molecule has 2 heterocycles. The van der Waals surface area contributed by atoms with Crippen molar-refractivity contribution in [1.29, 1.82) is 5.26 Å². The number of pyridine rings is 1. The van der Waals surface area contributed by atoms with Crippen molar-refractivity contribution in [1.82, 2.24) is 14.8 Å². The quantitative estimate of drug-likeness (QED) is 0.564. The molecule has 0 aliphatic heterocycles. The monoisotopic (exact) mass is 416 g/mol. The van der Waals surface area contributed by atoms with E-state index in [-0.39, 0.29) is 29.4 Å². The van der Waals surface area contributed by atoms with Gasteiger partial charge in [-0.05, 0) is 42.5 Å². The lowest BCUT2D eigenvalue weighted by Gasteiger charge is -2.16. The van der Waals surface area contributed by atoms with Gasteiger partial charge in [0.1, 0.15) is 11.4 Å². The number of aromatic nitrogens is 3. The second kappa shape index (κ2) is 7.50. The van der Waals surface area contributed by atoms with E-state index in [0.29, 0.717) is 22.5 Å². The largest absolute Gasteiger partial charge is 0.407 e. The van der Waals surface area contributed by atoms with Crippen LogP contribution in [0.15, 0.2) is 41.3 Å². The Morgan fingerprint density at radius 3 is 2.60 bits per heavy atom. The molecule has 0 bridgehead atoms. The van der Waals surface area contributed by atoms with Crippen molar-refractivity contribution in [3.8, 4) is 6.07 Å². The van der Waals surface area contributed by atoms with Crippen molar-refractivity contribution in [3.05, 3.63) is 52.4 Å².